The smallest absolute Gasteiger partial charge is 0.191 e. The molecule has 0 heterocycles. The van der Waals surface area contributed by atoms with Crippen LogP contribution in [-0.2, 0) is 4.43 Å². The van der Waals surface area contributed by atoms with E-state index in [1.807, 2.05) is 0 Å². The maximum Gasteiger partial charge on any atom is 0.191 e. The molecule has 0 saturated carbocycles. The first kappa shape index (κ1) is 18.9. The zero-order valence-corrected chi connectivity index (χ0v) is 15.2. The first-order chi connectivity index (χ1) is 8.81. The number of unbranched alkanes of at least 4 members (excludes halogenated alkanes) is 6. The third-order valence-electron chi connectivity index (χ3n) is 4.27. The predicted octanol–water partition coefficient (Wildman–Crippen LogP) is 6.32. The zero-order chi connectivity index (χ0) is 14.8. The molecule has 0 rings (SSSR count). The molecule has 0 aliphatic heterocycles. The fourth-order valence-electron chi connectivity index (χ4n) is 1.78. The van der Waals surface area contributed by atoms with Crippen LogP contribution < -0.4 is 0 Å². The van der Waals surface area contributed by atoms with Crippen LogP contribution in [0.1, 0.15) is 72.6 Å². The second-order valence-electron chi connectivity index (χ2n) is 7.09. The van der Waals surface area contributed by atoms with E-state index in [0.717, 1.165) is 6.61 Å². The molecule has 0 aromatic carbocycles. The lowest BCUT2D eigenvalue weighted by atomic mass is 10.1. The molecule has 2 heteroatoms. The van der Waals surface area contributed by atoms with Gasteiger partial charge in [-0.15, -0.1) is 0 Å². The Balaban J connectivity index is 3.41. The highest BCUT2D eigenvalue weighted by atomic mass is 28.4. The average molecular weight is 285 g/mol. The number of allylic oxidation sites excluding steroid dienone is 2. The molecule has 0 N–H and O–H groups in total. The molecular weight excluding hydrogens is 248 g/mol. The molecule has 1 nitrogen and oxygen atoms in total. The Morgan fingerprint density at radius 1 is 0.895 bits per heavy atom. The molecule has 0 amide bonds. The minimum absolute atomic E-state index is 0.347. The van der Waals surface area contributed by atoms with Crippen LogP contribution in [0.15, 0.2) is 12.2 Å². The number of hydrogen-bond donors (Lipinski definition) is 0. The van der Waals surface area contributed by atoms with Crippen LogP contribution in [0.3, 0.4) is 0 Å². The molecule has 0 spiro atoms. The first-order valence-corrected chi connectivity index (χ1v) is 11.0. The van der Waals surface area contributed by atoms with Gasteiger partial charge in [-0.3, -0.25) is 0 Å². The van der Waals surface area contributed by atoms with Crippen molar-refractivity contribution in [2.24, 2.45) is 0 Å². The van der Waals surface area contributed by atoms with Crippen molar-refractivity contribution in [2.45, 2.75) is 90.8 Å². The molecule has 0 fully saturated rings. The predicted molar refractivity (Wildman–Crippen MR) is 90.3 cm³/mol. The summed E-state index contributed by atoms with van der Waals surface area (Å²) in [5, 5.41) is 0.347. The monoisotopic (exact) mass is 284 g/mol. The van der Waals surface area contributed by atoms with E-state index in [9.17, 15) is 0 Å². The minimum Gasteiger partial charge on any atom is -0.417 e. The first-order valence-electron chi connectivity index (χ1n) is 8.06. The summed E-state index contributed by atoms with van der Waals surface area (Å²) >= 11 is 0. The van der Waals surface area contributed by atoms with E-state index >= 15 is 0 Å². The second-order valence-corrected chi connectivity index (χ2v) is 11.9. The standard InChI is InChI=1S/C17H36OSi/c1-7-8-9-10-11-12-13-14-15-16-18-19(5,6)17(2,3)4/h7-8H,9-16H2,1-6H3/b8-7-. The van der Waals surface area contributed by atoms with E-state index < -0.39 is 8.32 Å². The summed E-state index contributed by atoms with van der Waals surface area (Å²) in [6, 6.07) is 0. The largest absolute Gasteiger partial charge is 0.417 e. The average Bonchev–Trinajstić information content (AvgIpc) is 2.30. The summed E-state index contributed by atoms with van der Waals surface area (Å²) in [6.07, 6.45) is 13.7. The van der Waals surface area contributed by atoms with Gasteiger partial charge in [0, 0.05) is 6.61 Å². The van der Waals surface area contributed by atoms with Crippen molar-refractivity contribution in [3.63, 3.8) is 0 Å². The third-order valence-corrected chi connectivity index (χ3v) is 8.81. The van der Waals surface area contributed by atoms with Gasteiger partial charge in [-0.2, -0.15) is 0 Å². The lowest BCUT2D eigenvalue weighted by molar-refractivity contribution is 0.277. The molecule has 0 aromatic rings. The van der Waals surface area contributed by atoms with Gasteiger partial charge in [0.05, 0.1) is 0 Å². The Morgan fingerprint density at radius 3 is 1.95 bits per heavy atom. The highest BCUT2D eigenvalue weighted by Crippen LogP contribution is 2.36. The number of hydrogen-bond acceptors (Lipinski definition) is 1. The van der Waals surface area contributed by atoms with Crippen molar-refractivity contribution in [1.29, 1.82) is 0 Å². The Hall–Kier alpha value is -0.0831. The van der Waals surface area contributed by atoms with E-state index in [1.54, 1.807) is 0 Å². The van der Waals surface area contributed by atoms with Gasteiger partial charge >= 0.3 is 0 Å². The van der Waals surface area contributed by atoms with Crippen molar-refractivity contribution in [3.05, 3.63) is 12.2 Å². The molecule has 0 aliphatic rings. The van der Waals surface area contributed by atoms with Gasteiger partial charge in [-0.05, 0) is 44.3 Å². The van der Waals surface area contributed by atoms with Gasteiger partial charge in [-0.25, -0.2) is 0 Å². The Bertz CT molecular complexity index is 238. The van der Waals surface area contributed by atoms with Crippen LogP contribution in [0.2, 0.25) is 18.1 Å². The third kappa shape index (κ3) is 9.45. The van der Waals surface area contributed by atoms with Gasteiger partial charge < -0.3 is 4.43 Å². The molecule has 19 heavy (non-hydrogen) atoms. The van der Waals surface area contributed by atoms with Gasteiger partial charge in [0.2, 0.25) is 0 Å². The van der Waals surface area contributed by atoms with Crippen molar-refractivity contribution >= 4 is 8.32 Å². The lowest BCUT2D eigenvalue weighted by Crippen LogP contribution is -2.40. The van der Waals surface area contributed by atoms with E-state index in [-0.39, 0.29) is 0 Å². The molecule has 0 atom stereocenters. The van der Waals surface area contributed by atoms with Crippen molar-refractivity contribution in [1.82, 2.24) is 0 Å². The molecular formula is C17H36OSi. The van der Waals surface area contributed by atoms with E-state index in [2.05, 4.69) is 52.9 Å². The summed E-state index contributed by atoms with van der Waals surface area (Å²) in [5.41, 5.74) is 0. The summed E-state index contributed by atoms with van der Waals surface area (Å²) in [6.45, 7) is 14.7. The molecule has 0 saturated heterocycles. The highest BCUT2D eigenvalue weighted by Gasteiger charge is 2.36. The molecule has 0 bridgehead atoms. The fraction of sp³-hybridized carbons (Fsp3) is 0.882. The molecule has 0 aromatic heterocycles. The summed E-state index contributed by atoms with van der Waals surface area (Å²) in [5.74, 6) is 0. The van der Waals surface area contributed by atoms with Crippen LogP contribution in [0.5, 0.6) is 0 Å². The van der Waals surface area contributed by atoms with Crippen molar-refractivity contribution in [3.8, 4) is 0 Å². The quantitative estimate of drug-likeness (QED) is 0.259. The summed E-state index contributed by atoms with van der Waals surface area (Å²) in [7, 11) is -1.50. The number of rotatable bonds is 10. The van der Waals surface area contributed by atoms with Crippen molar-refractivity contribution < 1.29 is 4.43 Å². The molecule has 0 radical (unpaired) electrons. The topological polar surface area (TPSA) is 9.23 Å². The Labute approximate surface area is 123 Å². The van der Waals surface area contributed by atoms with Crippen LogP contribution >= 0.6 is 0 Å². The van der Waals surface area contributed by atoms with Gasteiger partial charge in [0.15, 0.2) is 8.32 Å². The van der Waals surface area contributed by atoms with Crippen LogP contribution in [0, 0.1) is 0 Å². The Kier molecular flexibility index (Phi) is 9.72. The maximum absolute atomic E-state index is 6.18. The summed E-state index contributed by atoms with van der Waals surface area (Å²) < 4.78 is 6.18. The highest BCUT2D eigenvalue weighted by molar-refractivity contribution is 6.74. The molecule has 0 unspecified atom stereocenters. The SMILES string of the molecule is C/C=C\CCCCCCCCO[Si](C)(C)C(C)(C)C. The van der Waals surface area contributed by atoms with E-state index in [0.29, 0.717) is 5.04 Å². The van der Waals surface area contributed by atoms with Crippen LogP contribution in [0.25, 0.3) is 0 Å². The fourth-order valence-corrected chi connectivity index (χ4v) is 2.87. The minimum atomic E-state index is -1.50. The van der Waals surface area contributed by atoms with Crippen LogP contribution in [-0.4, -0.2) is 14.9 Å². The van der Waals surface area contributed by atoms with Crippen LogP contribution in [0.4, 0.5) is 0 Å². The molecule has 114 valence electrons. The zero-order valence-electron chi connectivity index (χ0n) is 14.2. The van der Waals surface area contributed by atoms with Gasteiger partial charge in [0.1, 0.15) is 0 Å². The molecule has 0 aliphatic carbocycles. The van der Waals surface area contributed by atoms with Crippen molar-refractivity contribution in [2.75, 3.05) is 6.61 Å². The normalized spacial score (nSPS) is 13.4. The van der Waals surface area contributed by atoms with E-state index in [4.69, 9.17) is 4.43 Å². The summed E-state index contributed by atoms with van der Waals surface area (Å²) in [4.78, 5) is 0. The van der Waals surface area contributed by atoms with Gasteiger partial charge in [-0.1, -0.05) is 58.6 Å². The van der Waals surface area contributed by atoms with Gasteiger partial charge in [0.25, 0.3) is 0 Å². The second kappa shape index (κ2) is 9.76. The van der Waals surface area contributed by atoms with E-state index in [1.165, 1.54) is 44.9 Å². The maximum atomic E-state index is 6.18. The lowest BCUT2D eigenvalue weighted by Gasteiger charge is -2.36. The Morgan fingerprint density at radius 2 is 1.42 bits per heavy atom.